The summed E-state index contributed by atoms with van der Waals surface area (Å²) in [5.41, 5.74) is 0.158. The molecule has 0 N–H and O–H groups in total. The van der Waals surface area contributed by atoms with Crippen LogP contribution in [0.1, 0.15) is 25.8 Å². The number of halogens is 3. The zero-order valence-electron chi connectivity index (χ0n) is 15.1. The van der Waals surface area contributed by atoms with Gasteiger partial charge in [0.05, 0.1) is 12.2 Å². The fourth-order valence-electron chi connectivity index (χ4n) is 2.50. The van der Waals surface area contributed by atoms with E-state index in [-0.39, 0.29) is 5.97 Å². The standard InChI is InChI=1S/C18H17F3N4O2S/c1-3-13(17(26)27-4-2)28-15-10-9-14-22-23-16(25(14)24-15)11-5-7-12(8-6-11)18(19,20)21/h5-10,13H,3-4H2,1-2H3. The summed E-state index contributed by atoms with van der Waals surface area (Å²) in [5, 5.41) is 12.6. The first-order valence-corrected chi connectivity index (χ1v) is 9.44. The van der Waals surface area contributed by atoms with Crippen molar-refractivity contribution in [2.75, 3.05) is 6.61 Å². The average molecular weight is 410 g/mol. The Bertz CT molecular complexity index is 973. The number of hydrogen-bond donors (Lipinski definition) is 0. The Kier molecular flexibility index (Phi) is 5.87. The smallest absolute Gasteiger partial charge is 0.416 e. The quantitative estimate of drug-likeness (QED) is 0.447. The van der Waals surface area contributed by atoms with Crippen LogP contribution in [0.4, 0.5) is 13.2 Å². The van der Waals surface area contributed by atoms with Crippen LogP contribution in [-0.2, 0) is 15.7 Å². The molecule has 2 aromatic heterocycles. The lowest BCUT2D eigenvalue weighted by Gasteiger charge is -2.12. The number of carbonyl (C=O) groups excluding carboxylic acids is 1. The monoisotopic (exact) mass is 410 g/mol. The predicted molar refractivity (Wildman–Crippen MR) is 97.8 cm³/mol. The van der Waals surface area contributed by atoms with Gasteiger partial charge in [0, 0.05) is 5.56 Å². The largest absolute Gasteiger partial charge is 0.465 e. The third-order valence-electron chi connectivity index (χ3n) is 3.89. The van der Waals surface area contributed by atoms with Crippen LogP contribution in [0.2, 0.25) is 0 Å². The topological polar surface area (TPSA) is 69.4 Å². The predicted octanol–water partition coefficient (Wildman–Crippen LogP) is 4.24. The minimum absolute atomic E-state index is 0.297. The van der Waals surface area contributed by atoms with E-state index < -0.39 is 17.0 Å². The van der Waals surface area contributed by atoms with Crippen molar-refractivity contribution in [1.82, 2.24) is 19.8 Å². The highest BCUT2D eigenvalue weighted by Crippen LogP contribution is 2.31. The Morgan fingerprint density at radius 1 is 1.14 bits per heavy atom. The maximum absolute atomic E-state index is 12.8. The van der Waals surface area contributed by atoms with Gasteiger partial charge in [-0.25, -0.2) is 0 Å². The molecular weight excluding hydrogens is 393 g/mol. The van der Waals surface area contributed by atoms with Gasteiger partial charge in [-0.1, -0.05) is 30.8 Å². The minimum atomic E-state index is -4.41. The molecule has 0 aliphatic rings. The normalized spacial score (nSPS) is 12.9. The maximum atomic E-state index is 12.8. The molecule has 0 bridgehead atoms. The van der Waals surface area contributed by atoms with Gasteiger partial charge >= 0.3 is 12.1 Å². The van der Waals surface area contributed by atoms with E-state index in [9.17, 15) is 18.0 Å². The number of thioether (sulfide) groups is 1. The van der Waals surface area contributed by atoms with E-state index in [1.165, 1.54) is 28.4 Å². The first-order chi connectivity index (χ1) is 13.3. The second-order valence-corrected chi connectivity index (χ2v) is 7.03. The van der Waals surface area contributed by atoms with E-state index in [4.69, 9.17) is 4.74 Å². The zero-order valence-corrected chi connectivity index (χ0v) is 15.9. The molecule has 0 fully saturated rings. The van der Waals surface area contributed by atoms with Crippen LogP contribution in [0.5, 0.6) is 0 Å². The lowest BCUT2D eigenvalue weighted by atomic mass is 10.1. The zero-order chi connectivity index (χ0) is 20.3. The Hall–Kier alpha value is -2.62. The Balaban J connectivity index is 1.91. The summed E-state index contributed by atoms with van der Waals surface area (Å²) in [6, 6.07) is 8.04. The molecule has 3 aromatic rings. The van der Waals surface area contributed by atoms with Crippen molar-refractivity contribution in [2.45, 2.75) is 36.7 Å². The number of carbonyl (C=O) groups is 1. The highest BCUT2D eigenvalue weighted by molar-refractivity contribution is 8.00. The number of rotatable bonds is 6. The lowest BCUT2D eigenvalue weighted by Crippen LogP contribution is -2.19. The summed E-state index contributed by atoms with van der Waals surface area (Å²) in [5.74, 6) is -0.000950. The number of ether oxygens (including phenoxy) is 1. The second-order valence-electron chi connectivity index (χ2n) is 5.81. The number of benzene rings is 1. The van der Waals surface area contributed by atoms with Crippen LogP contribution in [0.3, 0.4) is 0 Å². The van der Waals surface area contributed by atoms with Crippen molar-refractivity contribution >= 4 is 23.4 Å². The Labute approximate surface area is 163 Å². The third kappa shape index (κ3) is 4.27. The van der Waals surface area contributed by atoms with Crippen molar-refractivity contribution in [3.8, 4) is 11.4 Å². The summed E-state index contributed by atoms with van der Waals surface area (Å²) in [4.78, 5) is 12.0. The summed E-state index contributed by atoms with van der Waals surface area (Å²) in [6.45, 7) is 3.92. The third-order valence-corrected chi connectivity index (χ3v) is 5.16. The molecule has 1 atom stereocenters. The SMILES string of the molecule is CCOC(=O)C(CC)Sc1ccc2nnc(-c3ccc(C(F)(F)F)cc3)n2n1. The molecule has 3 rings (SSSR count). The van der Waals surface area contributed by atoms with Gasteiger partial charge in [-0.15, -0.1) is 10.2 Å². The average Bonchev–Trinajstić information content (AvgIpc) is 3.09. The van der Waals surface area contributed by atoms with Gasteiger partial charge in [0.15, 0.2) is 11.5 Å². The van der Waals surface area contributed by atoms with Gasteiger partial charge in [-0.05, 0) is 37.6 Å². The van der Waals surface area contributed by atoms with Gasteiger partial charge in [-0.2, -0.15) is 22.8 Å². The number of nitrogens with zero attached hydrogens (tertiary/aromatic N) is 4. The number of aromatic nitrogens is 4. The second kappa shape index (κ2) is 8.17. The van der Waals surface area contributed by atoms with Gasteiger partial charge in [0.1, 0.15) is 10.3 Å². The molecule has 2 heterocycles. The van der Waals surface area contributed by atoms with Crippen LogP contribution < -0.4 is 0 Å². The fourth-order valence-corrected chi connectivity index (χ4v) is 3.40. The summed E-state index contributed by atoms with van der Waals surface area (Å²) >= 11 is 1.25. The van der Waals surface area contributed by atoms with Crippen LogP contribution in [0.25, 0.3) is 17.0 Å². The first-order valence-electron chi connectivity index (χ1n) is 8.56. The van der Waals surface area contributed by atoms with Crippen LogP contribution in [0, 0.1) is 0 Å². The van der Waals surface area contributed by atoms with Gasteiger partial charge in [0.25, 0.3) is 0 Å². The van der Waals surface area contributed by atoms with E-state index in [1.807, 2.05) is 6.92 Å². The number of esters is 1. The van der Waals surface area contributed by atoms with Gasteiger partial charge < -0.3 is 4.74 Å². The fraction of sp³-hybridized carbons (Fsp3) is 0.333. The van der Waals surface area contributed by atoms with Gasteiger partial charge in [0.2, 0.25) is 0 Å². The molecule has 0 amide bonds. The van der Waals surface area contributed by atoms with E-state index in [2.05, 4.69) is 15.3 Å². The Morgan fingerprint density at radius 3 is 2.46 bits per heavy atom. The Morgan fingerprint density at radius 2 is 1.86 bits per heavy atom. The van der Waals surface area contributed by atoms with E-state index in [1.54, 1.807) is 19.1 Å². The summed E-state index contributed by atoms with van der Waals surface area (Å²) in [7, 11) is 0. The molecule has 28 heavy (non-hydrogen) atoms. The van der Waals surface area contributed by atoms with Crippen LogP contribution in [-0.4, -0.2) is 37.6 Å². The highest BCUT2D eigenvalue weighted by atomic mass is 32.2. The maximum Gasteiger partial charge on any atom is 0.416 e. The van der Waals surface area contributed by atoms with Crippen LogP contribution >= 0.6 is 11.8 Å². The number of alkyl halides is 3. The van der Waals surface area contributed by atoms with E-state index in [0.717, 1.165) is 12.1 Å². The number of hydrogen-bond acceptors (Lipinski definition) is 6. The molecule has 1 unspecified atom stereocenters. The molecule has 0 aliphatic carbocycles. The van der Waals surface area contributed by atoms with Crippen LogP contribution in [0.15, 0.2) is 41.4 Å². The minimum Gasteiger partial charge on any atom is -0.465 e. The van der Waals surface area contributed by atoms with Gasteiger partial charge in [-0.3, -0.25) is 4.79 Å². The molecule has 148 valence electrons. The summed E-state index contributed by atoms with van der Waals surface area (Å²) < 4.78 is 44.8. The van der Waals surface area contributed by atoms with E-state index >= 15 is 0 Å². The highest BCUT2D eigenvalue weighted by Gasteiger charge is 2.30. The molecular formula is C18H17F3N4O2S. The molecule has 1 aromatic carbocycles. The van der Waals surface area contributed by atoms with Crippen molar-refractivity contribution in [3.63, 3.8) is 0 Å². The van der Waals surface area contributed by atoms with Crippen molar-refractivity contribution in [2.24, 2.45) is 0 Å². The van der Waals surface area contributed by atoms with Crippen molar-refractivity contribution in [3.05, 3.63) is 42.0 Å². The molecule has 0 saturated heterocycles. The first kappa shape index (κ1) is 20.1. The number of fused-ring (bicyclic) bond motifs is 1. The molecule has 0 aliphatic heterocycles. The molecule has 10 heteroatoms. The van der Waals surface area contributed by atoms with Crippen molar-refractivity contribution in [1.29, 1.82) is 0 Å². The van der Waals surface area contributed by atoms with E-state index in [0.29, 0.717) is 35.1 Å². The molecule has 0 spiro atoms. The molecule has 0 radical (unpaired) electrons. The summed E-state index contributed by atoms with van der Waals surface area (Å²) in [6.07, 6.45) is -3.84. The lowest BCUT2D eigenvalue weighted by molar-refractivity contribution is -0.142. The van der Waals surface area contributed by atoms with Crippen molar-refractivity contribution < 1.29 is 22.7 Å². The molecule has 6 nitrogen and oxygen atoms in total. The molecule has 0 saturated carbocycles.